The Balaban J connectivity index is 2.44. The van der Waals surface area contributed by atoms with E-state index in [-0.39, 0.29) is 11.5 Å². The first kappa shape index (κ1) is 7.03. The fourth-order valence-corrected chi connectivity index (χ4v) is 1.22. The molecule has 0 unspecified atom stereocenters. The topological polar surface area (TPSA) is 49.7 Å². The van der Waals surface area contributed by atoms with Crippen molar-refractivity contribution in [1.29, 1.82) is 0 Å². The van der Waals surface area contributed by atoms with Crippen LogP contribution >= 0.6 is 0 Å². The van der Waals surface area contributed by atoms with Crippen LogP contribution in [0, 0.1) is 0 Å². The Morgan fingerprint density at radius 2 is 2.17 bits per heavy atom. The van der Waals surface area contributed by atoms with Crippen molar-refractivity contribution in [2.24, 2.45) is 0 Å². The molecule has 1 heterocycles. The van der Waals surface area contributed by atoms with E-state index >= 15 is 0 Å². The molecule has 0 saturated heterocycles. The molecule has 3 heteroatoms. The van der Waals surface area contributed by atoms with Crippen LogP contribution in [0.15, 0.2) is 47.3 Å². The molecule has 0 radical (unpaired) electrons. The van der Waals surface area contributed by atoms with Gasteiger partial charge in [-0.1, -0.05) is 6.08 Å². The largest absolute Gasteiger partial charge is 0.505 e. The van der Waals surface area contributed by atoms with Crippen LogP contribution in [0.25, 0.3) is 0 Å². The van der Waals surface area contributed by atoms with Crippen molar-refractivity contribution in [3.8, 4) is 0 Å². The molecule has 0 aromatic carbocycles. The smallest absolute Gasteiger partial charge is 0.171 e. The fraction of sp³-hybridized carbons (Fsp3) is 0.111. The lowest BCUT2D eigenvalue weighted by atomic mass is 10.0. The highest BCUT2D eigenvalue weighted by molar-refractivity contribution is 5.43. The molecule has 2 aliphatic rings. The van der Waals surface area contributed by atoms with Crippen molar-refractivity contribution in [2.45, 2.75) is 6.42 Å². The molecule has 3 nitrogen and oxygen atoms in total. The van der Waals surface area contributed by atoms with Crippen molar-refractivity contribution in [2.75, 3.05) is 0 Å². The number of rotatable bonds is 0. The maximum absolute atomic E-state index is 9.31. The van der Waals surface area contributed by atoms with Crippen LogP contribution in [0.3, 0.4) is 0 Å². The van der Waals surface area contributed by atoms with Gasteiger partial charge in [0.05, 0.1) is 0 Å². The minimum Gasteiger partial charge on any atom is -0.505 e. The summed E-state index contributed by atoms with van der Waals surface area (Å²) in [6, 6.07) is 0. The first-order valence-electron chi connectivity index (χ1n) is 3.64. The van der Waals surface area contributed by atoms with E-state index in [2.05, 4.69) is 0 Å². The van der Waals surface area contributed by atoms with E-state index in [0.717, 1.165) is 5.57 Å². The lowest BCUT2D eigenvalue weighted by molar-refractivity contribution is 0.280. The number of allylic oxidation sites excluding steroid dienone is 4. The lowest BCUT2D eigenvalue weighted by Gasteiger charge is -2.17. The number of hydrogen-bond donors (Lipinski definition) is 2. The number of hydrogen-bond acceptors (Lipinski definition) is 3. The Morgan fingerprint density at radius 3 is 3.00 bits per heavy atom. The van der Waals surface area contributed by atoms with Crippen LogP contribution in [-0.2, 0) is 4.74 Å². The van der Waals surface area contributed by atoms with Crippen LogP contribution in [0.5, 0.6) is 0 Å². The maximum Gasteiger partial charge on any atom is 0.171 e. The third-order valence-electron chi connectivity index (χ3n) is 1.76. The molecule has 0 aromatic heterocycles. The van der Waals surface area contributed by atoms with Gasteiger partial charge in [0.15, 0.2) is 17.3 Å². The maximum atomic E-state index is 9.31. The average molecular weight is 164 g/mol. The minimum absolute atomic E-state index is 0.0804. The highest BCUT2D eigenvalue weighted by Crippen LogP contribution is 2.28. The van der Waals surface area contributed by atoms with Crippen molar-refractivity contribution >= 4 is 0 Å². The predicted octanol–water partition coefficient (Wildman–Crippen LogP) is 2.07. The second kappa shape index (κ2) is 2.44. The zero-order chi connectivity index (χ0) is 8.55. The SMILES string of the molecule is OC1=COC2=C(O)C=CCC2=C1. The molecule has 0 saturated carbocycles. The Kier molecular flexibility index (Phi) is 1.43. The van der Waals surface area contributed by atoms with E-state index in [1.165, 1.54) is 6.26 Å². The highest BCUT2D eigenvalue weighted by atomic mass is 16.5. The Hall–Kier alpha value is -1.64. The summed E-state index contributed by atoms with van der Waals surface area (Å²) in [7, 11) is 0. The summed E-state index contributed by atoms with van der Waals surface area (Å²) in [5.41, 5.74) is 0.801. The zero-order valence-corrected chi connectivity index (χ0v) is 6.32. The average Bonchev–Trinajstić information content (AvgIpc) is 2.04. The van der Waals surface area contributed by atoms with Crippen LogP contribution in [0.4, 0.5) is 0 Å². The van der Waals surface area contributed by atoms with E-state index in [1.807, 2.05) is 6.08 Å². The summed E-state index contributed by atoms with van der Waals surface area (Å²) in [5, 5.41) is 18.4. The van der Waals surface area contributed by atoms with Gasteiger partial charge in [-0.3, -0.25) is 0 Å². The van der Waals surface area contributed by atoms with E-state index < -0.39 is 0 Å². The number of aliphatic hydroxyl groups excluding tert-OH is 2. The van der Waals surface area contributed by atoms with Crippen LogP contribution < -0.4 is 0 Å². The van der Waals surface area contributed by atoms with Gasteiger partial charge in [0.1, 0.15) is 6.26 Å². The molecule has 1 aliphatic heterocycles. The van der Waals surface area contributed by atoms with Crippen LogP contribution in [-0.4, -0.2) is 10.2 Å². The van der Waals surface area contributed by atoms with Crippen LogP contribution in [0.1, 0.15) is 6.42 Å². The molecule has 0 atom stereocenters. The number of ether oxygens (including phenoxy) is 1. The molecule has 1 aliphatic carbocycles. The summed E-state index contributed by atoms with van der Waals surface area (Å²) in [6.07, 6.45) is 6.86. The van der Waals surface area contributed by atoms with Crippen LogP contribution in [0.2, 0.25) is 0 Å². The normalized spacial score (nSPS) is 21.0. The first-order chi connectivity index (χ1) is 5.77. The Labute approximate surface area is 69.6 Å². The summed E-state index contributed by atoms with van der Waals surface area (Å²) in [5.74, 6) is 0.628. The minimum atomic E-state index is 0.0804. The summed E-state index contributed by atoms with van der Waals surface area (Å²) >= 11 is 0. The van der Waals surface area contributed by atoms with E-state index in [9.17, 15) is 5.11 Å². The number of fused-ring (bicyclic) bond motifs is 1. The van der Waals surface area contributed by atoms with Gasteiger partial charge in [0, 0.05) is 5.57 Å². The van der Waals surface area contributed by atoms with Gasteiger partial charge in [-0.2, -0.15) is 0 Å². The van der Waals surface area contributed by atoms with E-state index in [4.69, 9.17) is 9.84 Å². The van der Waals surface area contributed by atoms with Gasteiger partial charge < -0.3 is 14.9 Å². The van der Waals surface area contributed by atoms with Gasteiger partial charge in [-0.05, 0) is 18.6 Å². The fourth-order valence-electron chi connectivity index (χ4n) is 1.22. The van der Waals surface area contributed by atoms with Crippen molar-refractivity contribution in [3.63, 3.8) is 0 Å². The van der Waals surface area contributed by atoms with Crippen molar-refractivity contribution in [3.05, 3.63) is 47.3 Å². The van der Waals surface area contributed by atoms with E-state index in [0.29, 0.717) is 12.2 Å². The van der Waals surface area contributed by atoms with Crippen molar-refractivity contribution < 1.29 is 14.9 Å². The summed E-state index contributed by atoms with van der Waals surface area (Å²) in [4.78, 5) is 0. The quantitative estimate of drug-likeness (QED) is 0.576. The van der Waals surface area contributed by atoms with Gasteiger partial charge >= 0.3 is 0 Å². The second-order valence-corrected chi connectivity index (χ2v) is 2.65. The number of aliphatic hydroxyl groups is 2. The molecule has 2 N–H and O–H groups in total. The second-order valence-electron chi connectivity index (χ2n) is 2.65. The standard InChI is InChI=1S/C9H8O3/c10-7-4-6-2-1-3-8(11)9(6)12-5-7/h1,3-5,10-11H,2H2. The molecular formula is C9H8O3. The third-order valence-corrected chi connectivity index (χ3v) is 1.76. The van der Waals surface area contributed by atoms with Gasteiger partial charge in [-0.15, -0.1) is 0 Å². The monoisotopic (exact) mass is 164 g/mol. The molecule has 0 amide bonds. The molecule has 0 aromatic rings. The predicted molar refractivity (Wildman–Crippen MR) is 43.3 cm³/mol. The zero-order valence-electron chi connectivity index (χ0n) is 6.32. The third kappa shape index (κ3) is 0.993. The molecule has 2 rings (SSSR count). The van der Waals surface area contributed by atoms with Gasteiger partial charge in [0.25, 0.3) is 0 Å². The molecular weight excluding hydrogens is 156 g/mol. The molecule has 0 fully saturated rings. The van der Waals surface area contributed by atoms with Gasteiger partial charge in [0.2, 0.25) is 0 Å². The van der Waals surface area contributed by atoms with Crippen molar-refractivity contribution in [1.82, 2.24) is 0 Å². The van der Waals surface area contributed by atoms with E-state index in [1.54, 1.807) is 12.2 Å². The van der Waals surface area contributed by atoms with Gasteiger partial charge in [-0.25, -0.2) is 0 Å². The highest BCUT2D eigenvalue weighted by Gasteiger charge is 2.17. The summed E-state index contributed by atoms with van der Waals surface area (Å²) in [6.45, 7) is 0. The first-order valence-corrected chi connectivity index (χ1v) is 3.64. The summed E-state index contributed by atoms with van der Waals surface area (Å²) < 4.78 is 5.00. The Morgan fingerprint density at radius 1 is 1.33 bits per heavy atom. The Bertz CT molecular complexity index is 332. The molecule has 0 spiro atoms. The molecule has 12 heavy (non-hydrogen) atoms. The lowest BCUT2D eigenvalue weighted by Crippen LogP contribution is -2.04. The molecule has 62 valence electrons. The molecule has 0 bridgehead atoms.